The highest BCUT2D eigenvalue weighted by Crippen LogP contribution is 2.09. The number of amides is 3. The van der Waals surface area contributed by atoms with Crippen molar-refractivity contribution in [2.45, 2.75) is 13.8 Å². The van der Waals surface area contributed by atoms with Gasteiger partial charge in [-0.25, -0.2) is 0 Å². The number of anilines is 1. The lowest BCUT2D eigenvalue weighted by molar-refractivity contribution is -0.114. The van der Waals surface area contributed by atoms with Gasteiger partial charge in [0.2, 0.25) is 5.91 Å². The number of carbonyl (C=O) groups is 3. The van der Waals surface area contributed by atoms with Crippen molar-refractivity contribution in [2.24, 2.45) is 0 Å². The maximum Gasteiger partial charge on any atom is 0.251 e. The lowest BCUT2D eigenvalue weighted by Gasteiger charge is -2.09. The van der Waals surface area contributed by atoms with Crippen LogP contribution in [0.4, 0.5) is 5.69 Å². The van der Waals surface area contributed by atoms with Crippen molar-refractivity contribution in [3.8, 4) is 0 Å². The van der Waals surface area contributed by atoms with Gasteiger partial charge in [-0.2, -0.15) is 0 Å². The first kappa shape index (κ1) is 18.2. The molecular formula is C19H21N3O3. The molecule has 0 saturated carbocycles. The van der Waals surface area contributed by atoms with Crippen LogP contribution in [-0.4, -0.2) is 30.8 Å². The van der Waals surface area contributed by atoms with Gasteiger partial charge < -0.3 is 16.0 Å². The zero-order valence-corrected chi connectivity index (χ0v) is 14.3. The highest BCUT2D eigenvalue weighted by Gasteiger charge is 2.08. The average molecular weight is 339 g/mol. The molecule has 6 nitrogen and oxygen atoms in total. The molecule has 3 N–H and O–H groups in total. The van der Waals surface area contributed by atoms with Gasteiger partial charge in [0, 0.05) is 36.8 Å². The van der Waals surface area contributed by atoms with Gasteiger partial charge in [-0.1, -0.05) is 18.2 Å². The van der Waals surface area contributed by atoms with Crippen LogP contribution in [0.25, 0.3) is 0 Å². The first-order valence-electron chi connectivity index (χ1n) is 7.97. The molecule has 2 aromatic carbocycles. The summed E-state index contributed by atoms with van der Waals surface area (Å²) in [6.07, 6.45) is 0. The Balaban J connectivity index is 1.78. The fraction of sp³-hybridized carbons (Fsp3) is 0.211. The molecule has 0 unspecified atom stereocenters. The molecule has 0 atom stereocenters. The van der Waals surface area contributed by atoms with Crippen molar-refractivity contribution < 1.29 is 14.4 Å². The Morgan fingerprint density at radius 3 is 2.04 bits per heavy atom. The van der Waals surface area contributed by atoms with Crippen molar-refractivity contribution in [1.82, 2.24) is 10.6 Å². The largest absolute Gasteiger partial charge is 0.350 e. The van der Waals surface area contributed by atoms with E-state index < -0.39 is 0 Å². The molecule has 130 valence electrons. The van der Waals surface area contributed by atoms with E-state index in [1.165, 1.54) is 6.92 Å². The molecule has 0 aromatic heterocycles. The SMILES string of the molecule is CC(=O)Nc1ccc(C(=O)NCCNC(=O)c2ccccc2C)cc1. The lowest BCUT2D eigenvalue weighted by atomic mass is 10.1. The third-order valence-electron chi connectivity index (χ3n) is 3.55. The second-order valence-electron chi connectivity index (χ2n) is 5.59. The Morgan fingerprint density at radius 2 is 1.44 bits per heavy atom. The van der Waals surface area contributed by atoms with Crippen LogP contribution in [-0.2, 0) is 4.79 Å². The van der Waals surface area contributed by atoms with Crippen LogP contribution < -0.4 is 16.0 Å². The molecule has 0 saturated heterocycles. The summed E-state index contributed by atoms with van der Waals surface area (Å²) in [5, 5.41) is 8.15. The molecule has 0 aliphatic carbocycles. The number of benzene rings is 2. The number of carbonyl (C=O) groups excluding carboxylic acids is 3. The number of rotatable bonds is 6. The van der Waals surface area contributed by atoms with Crippen LogP contribution in [0.2, 0.25) is 0 Å². The molecule has 0 aliphatic heterocycles. The molecule has 2 rings (SSSR count). The third kappa shape index (κ3) is 5.46. The summed E-state index contributed by atoms with van der Waals surface area (Å²) in [5.41, 5.74) is 2.65. The minimum atomic E-state index is -0.237. The summed E-state index contributed by atoms with van der Waals surface area (Å²) in [7, 11) is 0. The average Bonchev–Trinajstić information content (AvgIpc) is 2.59. The van der Waals surface area contributed by atoms with Gasteiger partial charge in [-0.15, -0.1) is 0 Å². The van der Waals surface area contributed by atoms with E-state index >= 15 is 0 Å². The van der Waals surface area contributed by atoms with Crippen LogP contribution in [0.15, 0.2) is 48.5 Å². The van der Waals surface area contributed by atoms with Gasteiger partial charge in [-0.05, 0) is 42.8 Å². The Morgan fingerprint density at radius 1 is 0.840 bits per heavy atom. The number of nitrogens with one attached hydrogen (secondary N) is 3. The van der Waals surface area contributed by atoms with Gasteiger partial charge in [-0.3, -0.25) is 14.4 Å². The molecule has 0 heterocycles. The van der Waals surface area contributed by atoms with E-state index in [1.54, 1.807) is 30.3 Å². The fourth-order valence-electron chi connectivity index (χ4n) is 2.29. The first-order chi connectivity index (χ1) is 12.0. The molecule has 0 radical (unpaired) electrons. The van der Waals surface area contributed by atoms with Crippen molar-refractivity contribution in [1.29, 1.82) is 0 Å². The second-order valence-corrected chi connectivity index (χ2v) is 5.59. The summed E-state index contributed by atoms with van der Waals surface area (Å²) in [5.74, 6) is -0.562. The standard InChI is InChI=1S/C19H21N3O3/c1-13-5-3-4-6-17(13)19(25)21-12-11-20-18(24)15-7-9-16(10-8-15)22-14(2)23/h3-10H,11-12H2,1-2H3,(H,20,24)(H,21,25)(H,22,23). The van der Waals surface area contributed by atoms with Crippen molar-refractivity contribution >= 4 is 23.4 Å². The summed E-state index contributed by atoms with van der Waals surface area (Å²) < 4.78 is 0. The van der Waals surface area contributed by atoms with Gasteiger partial charge >= 0.3 is 0 Å². The number of hydrogen-bond donors (Lipinski definition) is 3. The predicted octanol–water partition coefficient (Wildman–Crippen LogP) is 2.11. The fourth-order valence-corrected chi connectivity index (χ4v) is 2.29. The summed E-state index contributed by atoms with van der Waals surface area (Å²) in [4.78, 5) is 35.0. The molecular weight excluding hydrogens is 318 g/mol. The van der Waals surface area contributed by atoms with Crippen LogP contribution >= 0.6 is 0 Å². The van der Waals surface area contributed by atoms with Gasteiger partial charge in [0.05, 0.1) is 0 Å². The highest BCUT2D eigenvalue weighted by molar-refractivity contribution is 5.96. The summed E-state index contributed by atoms with van der Waals surface area (Å²) in [6.45, 7) is 3.96. The summed E-state index contributed by atoms with van der Waals surface area (Å²) >= 11 is 0. The Labute approximate surface area is 146 Å². The minimum Gasteiger partial charge on any atom is -0.350 e. The molecule has 2 aromatic rings. The maximum absolute atomic E-state index is 12.0. The molecule has 25 heavy (non-hydrogen) atoms. The topological polar surface area (TPSA) is 87.3 Å². The normalized spacial score (nSPS) is 10.0. The zero-order valence-electron chi connectivity index (χ0n) is 14.3. The Hall–Kier alpha value is -3.15. The molecule has 0 spiro atoms. The van der Waals surface area contributed by atoms with Gasteiger partial charge in [0.1, 0.15) is 0 Å². The predicted molar refractivity (Wildman–Crippen MR) is 96.6 cm³/mol. The molecule has 0 fully saturated rings. The van der Waals surface area contributed by atoms with E-state index in [2.05, 4.69) is 16.0 Å². The Kier molecular flexibility index (Phi) is 6.28. The van der Waals surface area contributed by atoms with Crippen LogP contribution in [0.5, 0.6) is 0 Å². The van der Waals surface area contributed by atoms with E-state index in [9.17, 15) is 14.4 Å². The van der Waals surface area contributed by atoms with Crippen LogP contribution in [0, 0.1) is 6.92 Å². The monoisotopic (exact) mass is 339 g/mol. The molecule has 0 aliphatic rings. The first-order valence-corrected chi connectivity index (χ1v) is 7.97. The molecule has 3 amide bonds. The van der Waals surface area contributed by atoms with Crippen molar-refractivity contribution in [3.05, 3.63) is 65.2 Å². The van der Waals surface area contributed by atoms with E-state index in [4.69, 9.17) is 0 Å². The van der Waals surface area contributed by atoms with Crippen LogP contribution in [0.3, 0.4) is 0 Å². The van der Waals surface area contributed by atoms with Crippen molar-refractivity contribution in [2.75, 3.05) is 18.4 Å². The maximum atomic E-state index is 12.0. The van der Waals surface area contributed by atoms with E-state index in [1.807, 2.05) is 25.1 Å². The lowest BCUT2D eigenvalue weighted by Crippen LogP contribution is -2.34. The quantitative estimate of drug-likeness (QED) is 0.705. The second kappa shape index (κ2) is 8.63. The number of aryl methyl sites for hydroxylation is 1. The van der Waals surface area contributed by atoms with Gasteiger partial charge in [0.15, 0.2) is 0 Å². The molecule has 6 heteroatoms. The van der Waals surface area contributed by atoms with Crippen molar-refractivity contribution in [3.63, 3.8) is 0 Å². The van der Waals surface area contributed by atoms with E-state index in [-0.39, 0.29) is 17.7 Å². The van der Waals surface area contributed by atoms with Gasteiger partial charge in [0.25, 0.3) is 11.8 Å². The minimum absolute atomic E-state index is 0.160. The smallest absolute Gasteiger partial charge is 0.251 e. The highest BCUT2D eigenvalue weighted by atomic mass is 16.2. The Bertz CT molecular complexity index is 770. The van der Waals surface area contributed by atoms with E-state index in [0.29, 0.717) is 29.9 Å². The molecule has 0 bridgehead atoms. The van der Waals surface area contributed by atoms with Crippen LogP contribution in [0.1, 0.15) is 33.2 Å². The zero-order chi connectivity index (χ0) is 18.2. The number of hydrogen-bond acceptors (Lipinski definition) is 3. The summed E-state index contributed by atoms with van der Waals surface area (Å²) in [6, 6.07) is 13.9. The third-order valence-corrected chi connectivity index (χ3v) is 3.55. The van der Waals surface area contributed by atoms with E-state index in [0.717, 1.165) is 5.56 Å².